The van der Waals surface area contributed by atoms with E-state index in [1.54, 1.807) is 94.2 Å². The maximum Gasteiger partial charge on any atom is 0.257 e. The zero-order valence-electron chi connectivity index (χ0n) is 82.3. The second kappa shape index (κ2) is 53.0. The van der Waals surface area contributed by atoms with E-state index in [0.29, 0.717) is 122 Å². The van der Waals surface area contributed by atoms with Crippen molar-refractivity contribution in [2.75, 3.05) is 33.7 Å². The summed E-state index contributed by atoms with van der Waals surface area (Å²) in [5.41, 5.74) is 15.3. The van der Waals surface area contributed by atoms with Gasteiger partial charge in [-0.1, -0.05) is 211 Å². The van der Waals surface area contributed by atoms with Gasteiger partial charge < -0.3 is 47.3 Å². The molecule has 17 aromatic rings. The van der Waals surface area contributed by atoms with Gasteiger partial charge in [-0.05, 0) is 219 Å². The summed E-state index contributed by atoms with van der Waals surface area (Å²) in [4.78, 5) is 72.9. The number of methoxy groups -OCH3 is 3. The van der Waals surface area contributed by atoms with Gasteiger partial charge in [-0.2, -0.15) is 20.2 Å². The van der Waals surface area contributed by atoms with Crippen LogP contribution in [0.4, 0.5) is 10.1 Å². The fourth-order valence-electron chi connectivity index (χ4n) is 15.6. The van der Waals surface area contributed by atoms with Crippen molar-refractivity contribution in [3.63, 3.8) is 0 Å². The molecular formula is C114H117ClFN15O10S2. The fraction of sp³-hybridized carbons (Fsp3) is 0.246. The number of carbonyl (C=O) groups is 3. The second-order valence-corrected chi connectivity index (χ2v) is 37.8. The zero-order valence-corrected chi connectivity index (χ0v) is 84.7. The van der Waals surface area contributed by atoms with Crippen molar-refractivity contribution in [1.29, 1.82) is 5.26 Å². The largest absolute Gasteiger partial charge is 0.496 e. The number of nitrogens with zero attached hydrogens (tertiary/aromatic N) is 14. The monoisotopic (exact) mass is 1970 g/mol. The normalized spacial score (nSPS) is 11.5. The van der Waals surface area contributed by atoms with E-state index in [9.17, 15) is 18.8 Å². The van der Waals surface area contributed by atoms with Crippen molar-refractivity contribution in [2.24, 2.45) is 0 Å². The third kappa shape index (κ3) is 32.8. The van der Waals surface area contributed by atoms with Crippen molar-refractivity contribution in [2.45, 2.75) is 158 Å². The summed E-state index contributed by atoms with van der Waals surface area (Å²) in [6.45, 7) is 22.4. The van der Waals surface area contributed by atoms with Gasteiger partial charge in [-0.15, -0.1) is 22.7 Å². The summed E-state index contributed by atoms with van der Waals surface area (Å²) in [6, 6.07) is 95.0. The number of oxazole rings is 1. The third-order valence-corrected chi connectivity index (χ3v) is 25.1. The average Bonchev–Trinajstić information content (AvgIpc) is 1.80. The molecule has 0 spiro atoms. The van der Waals surface area contributed by atoms with E-state index in [-0.39, 0.29) is 41.0 Å². The van der Waals surface area contributed by atoms with Crippen LogP contribution in [0.3, 0.4) is 0 Å². The quantitative estimate of drug-likeness (QED) is 0.0382. The molecule has 734 valence electrons. The van der Waals surface area contributed by atoms with Gasteiger partial charge in [0, 0.05) is 124 Å². The Kier molecular flexibility index (Phi) is 39.0. The minimum Gasteiger partial charge on any atom is -0.496 e. The van der Waals surface area contributed by atoms with Gasteiger partial charge in [0.15, 0.2) is 11.6 Å². The van der Waals surface area contributed by atoms with Crippen molar-refractivity contribution < 1.29 is 51.0 Å². The summed E-state index contributed by atoms with van der Waals surface area (Å²) >= 11 is 9.27. The molecule has 3 amide bonds. The first-order valence-corrected chi connectivity index (χ1v) is 48.9. The molecule has 0 aliphatic rings. The van der Waals surface area contributed by atoms with E-state index in [2.05, 4.69) is 156 Å². The number of ether oxygens (including phenoxy) is 3. The van der Waals surface area contributed by atoms with Crippen LogP contribution < -0.4 is 14.8 Å². The van der Waals surface area contributed by atoms with Gasteiger partial charge in [-0.25, -0.2) is 9.37 Å². The zero-order chi connectivity index (χ0) is 101. The summed E-state index contributed by atoms with van der Waals surface area (Å²) in [7, 11) is 6.98. The molecule has 7 aromatic heterocycles. The van der Waals surface area contributed by atoms with Crippen LogP contribution >= 0.6 is 34.3 Å². The number of halogens is 2. The lowest BCUT2D eigenvalue weighted by Gasteiger charge is -2.28. The maximum atomic E-state index is 13.4. The highest BCUT2D eigenvalue weighted by molar-refractivity contribution is 7.10. The number of hydrogen-bond acceptors (Lipinski definition) is 24. The molecule has 1 N–H and O–H groups in total. The molecule has 0 bridgehead atoms. The van der Waals surface area contributed by atoms with Gasteiger partial charge >= 0.3 is 0 Å². The van der Waals surface area contributed by atoms with Gasteiger partial charge in [0.1, 0.15) is 23.1 Å². The number of likely N-dealkylation sites (N-methyl/N-ethyl adjacent to an activating group) is 1. The van der Waals surface area contributed by atoms with Crippen LogP contribution in [-0.2, 0) is 99.8 Å². The summed E-state index contributed by atoms with van der Waals surface area (Å²) < 4.78 is 51.3. The van der Waals surface area contributed by atoms with Crippen LogP contribution in [0.15, 0.2) is 332 Å². The van der Waals surface area contributed by atoms with E-state index in [1.807, 2.05) is 228 Å². The van der Waals surface area contributed by atoms with Crippen LogP contribution in [0.25, 0.3) is 22.8 Å². The van der Waals surface area contributed by atoms with Crippen molar-refractivity contribution in [1.82, 2.24) is 64.9 Å². The number of carbonyl (C=O) groups excluding carboxylic acids is 3. The van der Waals surface area contributed by atoms with Gasteiger partial charge in [0.05, 0.1) is 83.6 Å². The molecule has 0 saturated carbocycles. The molecular weight excluding hydrogens is 1860 g/mol. The Bertz CT molecular complexity index is 6840. The van der Waals surface area contributed by atoms with E-state index in [1.165, 1.54) is 35.7 Å². The number of hydrogen-bond donors (Lipinski definition) is 1. The number of pyridine rings is 1. The molecule has 143 heavy (non-hydrogen) atoms. The van der Waals surface area contributed by atoms with Crippen LogP contribution in [0.1, 0.15) is 168 Å². The highest BCUT2D eigenvalue weighted by Crippen LogP contribution is 2.33. The molecule has 2 atom stereocenters. The molecule has 17 rings (SSSR count). The molecule has 10 aromatic carbocycles. The van der Waals surface area contributed by atoms with Crippen molar-refractivity contribution in [3.05, 3.63) is 442 Å². The van der Waals surface area contributed by atoms with E-state index in [4.69, 9.17) is 49.1 Å². The lowest BCUT2D eigenvalue weighted by Crippen LogP contribution is -2.35. The molecule has 29 heteroatoms. The lowest BCUT2D eigenvalue weighted by molar-refractivity contribution is -0.114. The Morgan fingerprint density at radius 2 is 1.10 bits per heavy atom. The number of aryl methyl sites for hydroxylation is 3. The number of nitrogens with one attached hydrogen (secondary N) is 1. The second-order valence-electron chi connectivity index (χ2n) is 35.3. The van der Waals surface area contributed by atoms with E-state index in [0.717, 1.165) is 108 Å². The van der Waals surface area contributed by atoms with Gasteiger partial charge in [0.2, 0.25) is 29.4 Å². The number of aromatic nitrogens is 8. The smallest absolute Gasteiger partial charge is 0.257 e. The molecule has 0 fully saturated rings. The van der Waals surface area contributed by atoms with Crippen LogP contribution in [-0.4, -0.2) is 117 Å². The number of nitriles is 1. The lowest BCUT2D eigenvalue weighted by atomic mass is 9.94. The number of rotatable bonds is 36. The molecule has 7 heterocycles. The molecule has 0 aliphatic carbocycles. The van der Waals surface area contributed by atoms with Crippen molar-refractivity contribution >= 4 is 57.7 Å². The number of para-hydroxylation sites is 2. The number of benzene rings is 10. The minimum absolute atomic E-state index is 0.00160. The van der Waals surface area contributed by atoms with Crippen LogP contribution in [0.2, 0.25) is 5.02 Å². The SMILES string of the molecule is CC(=O)Nc1cccc(C(C)N(Cc2ccccc2)Cc2nc(-c3ccc(Cl)cc3)no2)c1.COCc1ccc(C(=O)N(Cc2cccs2)Cc2ccccc2OC)cc1.COc1ccccc1CN(Cc1cccs1)C(=O)c1ccc(-c2nc(C)no2)cc1.Cc1cccc(CN(Cc2ccccn2)Cc2ncc(C(C)(C)C)o2)c1.Cc1noc(CC(Cc2ccc(C#N)cc2)N(C)Cc2ccc(F)cc2)n1. The summed E-state index contributed by atoms with van der Waals surface area (Å²) in [5, 5.41) is 28.4. The van der Waals surface area contributed by atoms with Gasteiger partial charge in [-0.3, -0.25) is 34.1 Å². The first-order chi connectivity index (χ1) is 69.2. The number of amides is 3. The Morgan fingerprint density at radius 3 is 1.66 bits per heavy atom. The molecule has 25 nitrogen and oxygen atoms in total. The molecule has 0 radical (unpaired) electrons. The number of anilines is 1. The minimum atomic E-state index is -0.239. The fourth-order valence-corrected chi connectivity index (χ4v) is 17.2. The highest BCUT2D eigenvalue weighted by atomic mass is 35.5. The maximum absolute atomic E-state index is 13.4. The van der Waals surface area contributed by atoms with E-state index >= 15 is 0 Å². The standard InChI is InChI=1S/C26H25ClN4O2.C23H21N3O3S.C22H27N3O.C22H23NO3S.C21H21FN4O/c1-18(22-9-6-10-24(15-22)28-19(2)32)31(16-20-7-4-3-5-8-20)17-25-29-26(30-33-25)21-11-13-23(27)14-12-21;1-16-24-22(29-25-16)17-9-11-18(12-10-17)23(27)26(15-20-7-5-13-30-20)14-19-6-3-4-8-21(19)28-2;1-17-8-7-9-18(12-17)14-25(15-19-10-5-6-11-23-19)16-21-24-13-20(26-21)22(2,3)4;1-25-16-17-9-11-18(12-10-17)22(24)23(15-20-7-5-13-27-20)14-19-6-3-4-8-21(19)26-2;1-15-24-21(27-25-15)12-20(11-16-3-5-17(13-23)6-4-16)26(2)14-18-7-9-19(22)10-8-18/h3-15,18H,16-17H2,1-2H3,(H,28,32);3-13H,14-15H2,1-2H3;5-13H,14-16H2,1-4H3;3-13H,14-16H2,1-2H3;3-10,20H,11-12,14H2,1-2H3. The third-order valence-electron chi connectivity index (χ3n) is 23.1. The topological polar surface area (TPSA) is 287 Å². The first-order valence-electron chi connectivity index (χ1n) is 46.7. The predicted molar refractivity (Wildman–Crippen MR) is 556 cm³/mol. The van der Waals surface area contributed by atoms with Crippen LogP contribution in [0, 0.1) is 37.9 Å². The number of thiophene rings is 2. The van der Waals surface area contributed by atoms with Crippen molar-refractivity contribution in [3.8, 4) is 40.4 Å². The molecule has 2 unspecified atom stereocenters. The van der Waals surface area contributed by atoms with Crippen LogP contribution in [0.5, 0.6) is 11.5 Å². The summed E-state index contributed by atoms with van der Waals surface area (Å²) in [5.74, 6) is 6.11. The average molecular weight is 1980 g/mol. The highest BCUT2D eigenvalue weighted by Gasteiger charge is 2.27. The van der Waals surface area contributed by atoms with Gasteiger partial charge in [0.25, 0.3) is 17.7 Å². The first kappa shape index (κ1) is 105. The Balaban J connectivity index is 0.000000150. The molecule has 0 aliphatic heterocycles. The van der Waals surface area contributed by atoms with E-state index < -0.39 is 0 Å². The Hall–Kier alpha value is -15.1. The predicted octanol–water partition coefficient (Wildman–Crippen LogP) is 24.4. The Morgan fingerprint density at radius 1 is 0.517 bits per heavy atom. The molecule has 0 saturated heterocycles. The Labute approximate surface area is 847 Å². The summed E-state index contributed by atoms with van der Waals surface area (Å²) in [6.07, 6.45) is 5.06.